The second-order valence-electron chi connectivity index (χ2n) is 7.48. The lowest BCUT2D eigenvalue weighted by molar-refractivity contribution is 0.266. The lowest BCUT2D eigenvalue weighted by atomic mass is 10.1. The van der Waals surface area contributed by atoms with Crippen molar-refractivity contribution >= 4 is 20.1 Å². The summed E-state index contributed by atoms with van der Waals surface area (Å²) in [5, 5.41) is 8.82. The summed E-state index contributed by atoms with van der Waals surface area (Å²) in [6, 6.07) is 7.17. The minimum absolute atomic E-state index is 0.0260. The molecule has 0 spiro atoms. The Balaban J connectivity index is 0.000000311. The molecule has 0 bridgehead atoms. The first kappa shape index (κ1) is 26.3. The molecule has 2 N–H and O–H groups in total. The third-order valence-electron chi connectivity index (χ3n) is 4.55. The van der Waals surface area contributed by atoms with Crippen molar-refractivity contribution in [1.29, 1.82) is 0 Å². The van der Waals surface area contributed by atoms with Crippen molar-refractivity contribution in [1.82, 2.24) is 4.31 Å². The molecule has 0 aliphatic carbocycles. The number of hydrogen-bond donors (Lipinski definition) is 2. The summed E-state index contributed by atoms with van der Waals surface area (Å²) < 4.78 is 56.6. The van der Waals surface area contributed by atoms with Crippen LogP contribution >= 0.6 is 0 Å². The number of aliphatic hydroxyl groups is 1. The Morgan fingerprint density at radius 2 is 1.07 bits per heavy atom. The molecule has 2 aromatic carbocycles. The van der Waals surface area contributed by atoms with Crippen LogP contribution in [-0.4, -0.2) is 51.0 Å². The molecule has 7 nitrogen and oxygen atoms in total. The minimum atomic E-state index is -4.08. The van der Waals surface area contributed by atoms with Crippen molar-refractivity contribution < 1.29 is 26.5 Å². The van der Waals surface area contributed by atoms with Gasteiger partial charge in [-0.25, -0.2) is 8.42 Å². The lowest BCUT2D eigenvalue weighted by Gasteiger charge is -2.19. The molecule has 0 amide bonds. The molecule has 0 fully saturated rings. The average molecular weight is 458 g/mol. The molecule has 0 heterocycles. The van der Waals surface area contributed by atoms with Crippen molar-refractivity contribution in [3.63, 3.8) is 0 Å². The predicted octanol–water partition coefficient (Wildman–Crippen LogP) is 3.08. The van der Waals surface area contributed by atoms with Gasteiger partial charge in [0.05, 0.1) is 16.4 Å². The largest absolute Gasteiger partial charge is 0.395 e. The first-order chi connectivity index (χ1) is 13.6. The lowest BCUT2D eigenvalue weighted by Crippen LogP contribution is -2.30. The summed E-state index contributed by atoms with van der Waals surface area (Å²) in [4.78, 5) is 0.372. The van der Waals surface area contributed by atoms with Gasteiger partial charge in [0.25, 0.3) is 10.1 Å². The minimum Gasteiger partial charge on any atom is -0.395 e. The van der Waals surface area contributed by atoms with Gasteiger partial charge in [-0.3, -0.25) is 4.55 Å². The van der Waals surface area contributed by atoms with Crippen LogP contribution < -0.4 is 0 Å². The van der Waals surface area contributed by atoms with Crippen LogP contribution in [0.1, 0.15) is 33.4 Å². The molecule has 0 aliphatic rings. The Morgan fingerprint density at radius 1 is 0.733 bits per heavy atom. The van der Waals surface area contributed by atoms with E-state index in [9.17, 15) is 16.8 Å². The molecule has 0 atom stereocenters. The molecule has 0 saturated heterocycles. The van der Waals surface area contributed by atoms with E-state index in [2.05, 4.69) is 0 Å². The van der Waals surface area contributed by atoms with Crippen molar-refractivity contribution in [3.8, 4) is 0 Å². The van der Waals surface area contributed by atoms with Crippen LogP contribution in [0.5, 0.6) is 0 Å². The Morgan fingerprint density at radius 3 is 1.37 bits per heavy atom. The molecule has 0 saturated carbocycles. The second-order valence-corrected chi connectivity index (χ2v) is 10.8. The fourth-order valence-electron chi connectivity index (χ4n) is 3.56. The molecule has 9 heteroatoms. The van der Waals surface area contributed by atoms with E-state index in [0.29, 0.717) is 16.0 Å². The molecule has 0 radical (unpaired) electrons. The first-order valence-corrected chi connectivity index (χ1v) is 12.2. The third kappa shape index (κ3) is 6.36. The van der Waals surface area contributed by atoms with Gasteiger partial charge in [-0.15, -0.1) is 0 Å². The predicted molar refractivity (Wildman–Crippen MR) is 118 cm³/mol. The van der Waals surface area contributed by atoms with Crippen LogP contribution in [0.3, 0.4) is 0 Å². The Labute approximate surface area is 180 Å². The van der Waals surface area contributed by atoms with Crippen LogP contribution in [-0.2, 0) is 20.1 Å². The van der Waals surface area contributed by atoms with E-state index in [1.165, 1.54) is 11.4 Å². The molecule has 2 aromatic rings. The van der Waals surface area contributed by atoms with E-state index < -0.39 is 20.1 Å². The molecule has 2 rings (SSSR count). The van der Waals surface area contributed by atoms with Gasteiger partial charge >= 0.3 is 0 Å². The fourth-order valence-corrected chi connectivity index (χ4v) is 6.06. The standard InChI is InChI=1S/C12H19NO3S.C9H12O3S/c1-9-7-10(2)12(11(3)8-9)17(15,16)13(4)5-6-14;1-6-4-7(2)9(8(3)5-6)13(10,11)12/h7-8,14H,5-6H2,1-4H3;4-5H,1-3H3,(H,10,11,12). The average Bonchev–Trinajstić information content (AvgIpc) is 2.51. The number of hydrogen-bond acceptors (Lipinski definition) is 5. The highest BCUT2D eigenvalue weighted by atomic mass is 32.2. The molecule has 0 unspecified atom stereocenters. The van der Waals surface area contributed by atoms with Crippen molar-refractivity contribution in [2.45, 2.75) is 51.3 Å². The maximum absolute atomic E-state index is 12.3. The molecular formula is C21H31NO6S2. The maximum Gasteiger partial charge on any atom is 0.295 e. The van der Waals surface area contributed by atoms with Crippen molar-refractivity contribution in [3.05, 3.63) is 57.6 Å². The van der Waals surface area contributed by atoms with Crippen LogP contribution in [0.15, 0.2) is 34.1 Å². The normalized spacial score (nSPS) is 11.9. The van der Waals surface area contributed by atoms with Gasteiger partial charge in [-0.1, -0.05) is 35.4 Å². The number of aryl methyl sites for hydroxylation is 6. The summed E-state index contributed by atoms with van der Waals surface area (Å²) in [6.45, 7) is 10.7. The Hall–Kier alpha value is -1.78. The Bertz CT molecular complexity index is 1080. The van der Waals surface area contributed by atoms with Gasteiger partial charge in [0, 0.05) is 13.6 Å². The molecule has 0 aliphatic heterocycles. The highest BCUT2D eigenvalue weighted by molar-refractivity contribution is 7.89. The number of benzene rings is 2. The quantitative estimate of drug-likeness (QED) is 0.668. The van der Waals surface area contributed by atoms with Gasteiger partial charge in [0.15, 0.2) is 0 Å². The molecule has 168 valence electrons. The fraction of sp³-hybridized carbons (Fsp3) is 0.429. The van der Waals surface area contributed by atoms with Crippen LogP contribution in [0, 0.1) is 41.5 Å². The molecular weight excluding hydrogens is 426 g/mol. The number of nitrogens with zero attached hydrogens (tertiary/aromatic N) is 1. The SMILES string of the molecule is Cc1cc(C)c(S(=O)(=O)N(C)CCO)c(C)c1.Cc1cc(C)c(S(=O)(=O)O)c(C)c1. The second kappa shape index (κ2) is 10.0. The molecule has 0 aromatic heterocycles. The van der Waals surface area contributed by atoms with E-state index >= 15 is 0 Å². The highest BCUT2D eigenvalue weighted by Gasteiger charge is 2.24. The van der Waals surface area contributed by atoms with Crippen LogP contribution in [0.2, 0.25) is 0 Å². The smallest absolute Gasteiger partial charge is 0.295 e. The van der Waals surface area contributed by atoms with Gasteiger partial charge in [0.2, 0.25) is 10.0 Å². The summed E-state index contributed by atoms with van der Waals surface area (Å²) >= 11 is 0. The van der Waals surface area contributed by atoms with Crippen LogP contribution in [0.25, 0.3) is 0 Å². The summed E-state index contributed by atoms with van der Waals surface area (Å²) in [5.74, 6) is 0. The van der Waals surface area contributed by atoms with E-state index in [1.54, 1.807) is 39.8 Å². The summed E-state index contributed by atoms with van der Waals surface area (Å²) in [6.07, 6.45) is 0. The summed E-state index contributed by atoms with van der Waals surface area (Å²) in [5.41, 5.74) is 4.69. The first-order valence-electron chi connectivity index (χ1n) is 9.33. The highest BCUT2D eigenvalue weighted by Crippen LogP contribution is 2.24. The van der Waals surface area contributed by atoms with Crippen molar-refractivity contribution in [2.75, 3.05) is 20.2 Å². The zero-order valence-corrected chi connectivity index (χ0v) is 20.1. The van der Waals surface area contributed by atoms with Gasteiger partial charge in [-0.05, 0) is 63.8 Å². The topological polar surface area (TPSA) is 112 Å². The van der Waals surface area contributed by atoms with Gasteiger partial charge in [0.1, 0.15) is 0 Å². The van der Waals surface area contributed by atoms with E-state index in [1.807, 2.05) is 26.0 Å². The van der Waals surface area contributed by atoms with Crippen molar-refractivity contribution in [2.24, 2.45) is 0 Å². The number of rotatable bonds is 5. The number of likely N-dealkylation sites (N-methyl/N-ethyl adjacent to an activating group) is 1. The Kier molecular flexibility index (Phi) is 8.77. The third-order valence-corrected chi connectivity index (χ3v) is 7.87. The monoisotopic (exact) mass is 457 g/mol. The number of aliphatic hydroxyl groups excluding tert-OH is 1. The van der Waals surface area contributed by atoms with E-state index in [0.717, 1.165) is 22.3 Å². The maximum atomic E-state index is 12.3. The summed E-state index contributed by atoms with van der Waals surface area (Å²) in [7, 11) is -6.11. The van der Waals surface area contributed by atoms with E-state index in [-0.39, 0.29) is 18.0 Å². The zero-order chi connectivity index (χ0) is 23.4. The number of sulfonamides is 1. The zero-order valence-electron chi connectivity index (χ0n) is 18.5. The van der Waals surface area contributed by atoms with Gasteiger partial charge in [-0.2, -0.15) is 12.7 Å². The molecule has 30 heavy (non-hydrogen) atoms. The van der Waals surface area contributed by atoms with E-state index in [4.69, 9.17) is 9.66 Å². The van der Waals surface area contributed by atoms with Crippen LogP contribution in [0.4, 0.5) is 0 Å². The van der Waals surface area contributed by atoms with Gasteiger partial charge < -0.3 is 5.11 Å².